The normalized spacial score (nSPS) is 13.8. The van der Waals surface area contributed by atoms with Gasteiger partial charge in [0.15, 0.2) is 0 Å². The Labute approximate surface area is 650 Å². The van der Waals surface area contributed by atoms with Crippen molar-refractivity contribution in [1.29, 1.82) is 0 Å². The Morgan fingerprint density at radius 1 is 0.292 bits per heavy atom. The molecule has 6 atom stereocenters. The first-order valence-corrected chi connectivity index (χ1v) is 47.3. The number of aliphatic hydroxyl groups excluding tert-OH is 2. The molecule has 0 aromatic carbocycles. The molecule has 21 nitrogen and oxygen atoms in total. The highest BCUT2D eigenvalue weighted by Gasteiger charge is 2.42. The van der Waals surface area contributed by atoms with E-state index in [0.717, 1.165) is 141 Å². The average Bonchev–Trinajstić information content (AvgIpc) is 0.919. The lowest BCUT2D eigenvalue weighted by atomic mass is 10.0. The smallest absolute Gasteiger partial charge is 0.462 e. The van der Waals surface area contributed by atoms with E-state index in [2.05, 4.69) is 62.8 Å². The largest absolute Gasteiger partial charge is 0.570 e. The number of urea groups is 1. The minimum absolute atomic E-state index is 0.0654. The first-order valence-electron chi connectivity index (χ1n) is 44.2. The molecule has 0 aliphatic heterocycles. The zero-order valence-corrected chi connectivity index (χ0v) is 70.9. The van der Waals surface area contributed by atoms with Crippen LogP contribution in [0.4, 0.5) is 4.79 Å². The van der Waals surface area contributed by atoms with Crippen molar-refractivity contribution in [2.75, 3.05) is 65.9 Å². The molecule has 0 bridgehead atoms. The van der Waals surface area contributed by atoms with Crippen LogP contribution in [0.2, 0.25) is 0 Å². The lowest BCUT2D eigenvalue weighted by Gasteiger charge is -2.23. The summed E-state index contributed by atoms with van der Waals surface area (Å²) in [6.45, 7) is 12.5. The fourth-order valence-electron chi connectivity index (χ4n) is 13.2. The molecule has 0 fully saturated rings. The second-order valence-electron chi connectivity index (χ2n) is 30.3. The number of rotatable bonds is 86. The lowest BCUT2D eigenvalue weighted by molar-refractivity contribution is -0.151. The Balaban J connectivity index is 5.55. The van der Waals surface area contributed by atoms with Crippen molar-refractivity contribution in [3.05, 3.63) is 0 Å². The highest BCUT2D eigenvalue weighted by Crippen LogP contribution is 2.53. The number of hydrogen-bond donors (Lipinski definition) is 10. The summed E-state index contributed by atoms with van der Waals surface area (Å²) in [6.07, 6.45) is 60.0. The summed E-state index contributed by atoms with van der Waals surface area (Å²) < 4.78 is 46.1. The van der Waals surface area contributed by atoms with Gasteiger partial charge in [0.25, 0.3) is 0 Å². The number of carbonyl (C=O) groups is 3. The van der Waals surface area contributed by atoms with Crippen molar-refractivity contribution < 1.29 is 81.2 Å². The minimum Gasteiger partial charge on any atom is -0.462 e. The predicted molar refractivity (Wildman–Crippen MR) is 437 cm³/mol. The van der Waals surface area contributed by atoms with Crippen LogP contribution in [-0.2, 0) is 46.6 Å². The third-order valence-electron chi connectivity index (χ3n) is 19.8. The van der Waals surface area contributed by atoms with E-state index in [1.165, 1.54) is 193 Å². The van der Waals surface area contributed by atoms with Crippen LogP contribution in [0.5, 0.6) is 0 Å². The van der Waals surface area contributed by atoms with Crippen molar-refractivity contribution in [3.63, 3.8) is 0 Å². The van der Waals surface area contributed by atoms with Crippen molar-refractivity contribution in [1.82, 2.24) is 21.3 Å². The van der Waals surface area contributed by atoms with Crippen molar-refractivity contribution >= 4 is 34.3 Å². The molecule has 0 heterocycles. The van der Waals surface area contributed by atoms with E-state index in [9.17, 15) is 44.2 Å². The summed E-state index contributed by atoms with van der Waals surface area (Å²) in [4.78, 5) is 82.3. The van der Waals surface area contributed by atoms with Crippen LogP contribution in [-0.4, -0.2) is 150 Å². The molecule has 0 radical (unpaired) electrons. The quantitative estimate of drug-likeness (QED) is 0.0117. The van der Waals surface area contributed by atoms with Crippen LogP contribution in [0.1, 0.15) is 414 Å². The maximum Gasteiger partial charge on any atom is 0.570 e. The predicted octanol–water partition coefficient (Wildman–Crippen LogP) is 20.8. The summed E-state index contributed by atoms with van der Waals surface area (Å²) in [6, 6.07) is -1.97. The molecule has 23 heteroatoms. The molecule has 10 N–H and O–H groups in total. The molecule has 4 unspecified atom stereocenters. The van der Waals surface area contributed by atoms with Crippen molar-refractivity contribution in [2.24, 2.45) is 0 Å². The van der Waals surface area contributed by atoms with Crippen molar-refractivity contribution in [2.45, 2.75) is 451 Å². The molecule has 0 saturated heterocycles. The fourth-order valence-corrected chi connectivity index (χ4v) is 14.7. The van der Waals surface area contributed by atoms with Gasteiger partial charge < -0.3 is 39.8 Å². The van der Waals surface area contributed by atoms with Crippen LogP contribution in [0.15, 0.2) is 0 Å². The van der Waals surface area contributed by atoms with E-state index >= 15 is 0 Å². The molecule has 632 valence electrons. The van der Waals surface area contributed by atoms with E-state index in [0.29, 0.717) is 38.5 Å². The Morgan fingerprint density at radius 2 is 0.538 bits per heavy atom. The van der Waals surface area contributed by atoms with Gasteiger partial charge in [-0.2, -0.15) is 37.7 Å². The van der Waals surface area contributed by atoms with E-state index in [1.54, 1.807) is 0 Å². The first-order chi connectivity index (χ1) is 51.5. The average molecular weight is 1560 g/mol. The highest BCUT2D eigenvalue weighted by molar-refractivity contribution is 7.54. The lowest BCUT2D eigenvalue weighted by Crippen LogP contribution is -2.44. The number of ether oxygens (including phenoxy) is 4. The maximum absolute atomic E-state index is 13.1. The molecule has 0 aliphatic carbocycles. The standard InChI is InChI=1S/C83H169N4O17P2/c1-7-13-19-25-29-33-35-39-41-47-53-59-79(88)86-75(71-97-67-63-77(57-51-45-23-17-11-5)103-81(90)61-55-49-43-37-31-27-21-15-9-3)73-101-105(93,94)99-69-65-84-83(92)85-66-70-100-106(95,96)102-74-76(87-80(89)60-54-48-42-40-36-34-30-26-20-14-8-2)72-98-68-64-78(58-52-46-24-18-12-6)104-82(91)62-56-50-44-38-32-28-22-16-10-4/h75-80,86-89,93-96H,7-74H2,1-6H3,(H-,84,85,92)/q+1/p+1/t75?,76?,77-,78-,79?,80?/m1/s1. The molecule has 0 saturated carbocycles. The number of esters is 2. The number of carbonyl (C=O) groups excluding carboxylic acids is 3. The van der Waals surface area contributed by atoms with Crippen LogP contribution in [0, 0.1) is 0 Å². The highest BCUT2D eigenvalue weighted by atomic mass is 31.2. The van der Waals surface area contributed by atoms with Gasteiger partial charge in [0.1, 0.15) is 51.1 Å². The summed E-state index contributed by atoms with van der Waals surface area (Å²) >= 11 is 0. The van der Waals surface area contributed by atoms with Gasteiger partial charge in [0.05, 0.1) is 38.5 Å². The number of unbranched alkanes of at least 4 members (excludes halogenated alkanes) is 44. The summed E-state index contributed by atoms with van der Waals surface area (Å²) in [5.41, 5.74) is 0. The Morgan fingerprint density at radius 3 is 0.811 bits per heavy atom. The van der Waals surface area contributed by atoms with Gasteiger partial charge in [-0.05, 0) is 64.2 Å². The molecule has 106 heavy (non-hydrogen) atoms. The van der Waals surface area contributed by atoms with Gasteiger partial charge in [-0.25, -0.2) is 4.79 Å². The summed E-state index contributed by atoms with van der Waals surface area (Å²) in [5, 5.41) is 33.7. The topological polar surface area (TPSA) is 295 Å². The molecule has 0 spiro atoms. The van der Waals surface area contributed by atoms with Gasteiger partial charge in [-0.3, -0.25) is 20.2 Å². The van der Waals surface area contributed by atoms with Crippen LogP contribution >= 0.6 is 16.3 Å². The molecule has 0 rings (SSSR count). The van der Waals surface area contributed by atoms with E-state index in [4.69, 9.17) is 37.0 Å². The monoisotopic (exact) mass is 1560 g/mol. The zero-order valence-electron chi connectivity index (χ0n) is 69.1. The summed E-state index contributed by atoms with van der Waals surface area (Å²) in [5.74, 6) is -0.342. The summed E-state index contributed by atoms with van der Waals surface area (Å²) in [7, 11) is -8.82. The van der Waals surface area contributed by atoms with Gasteiger partial charge in [0.2, 0.25) is 0 Å². The second-order valence-corrected chi connectivity index (χ2v) is 33.3. The molecule has 0 aromatic rings. The van der Waals surface area contributed by atoms with E-state index < -0.39 is 46.9 Å². The van der Waals surface area contributed by atoms with Gasteiger partial charge in [0, 0.05) is 38.8 Å². The molecule has 2 amide bonds. The molecule has 0 aromatic heterocycles. The molecule has 0 aliphatic rings. The van der Waals surface area contributed by atoms with Gasteiger partial charge >= 0.3 is 34.3 Å². The first kappa shape index (κ1) is 105. The SMILES string of the molecule is CCCCCCCCCCCCCC(O)NC(COCC[C@@H](CCCCCCC)OC(=O)CCCCCCCCCCC)CO[P+](O)(O)OCCNC(=O)NCCO[P+](O)(O)OCC(COCC[C@@H](CCCCCCC)OC(=O)CCCCCCCCCCC)NC(O)CCCCCCCCCCCCC. The number of aliphatic hydroxyl groups is 2. The van der Waals surface area contributed by atoms with E-state index in [-0.39, 0.29) is 90.1 Å². The fraction of sp³-hybridized carbons (Fsp3) is 0.964. The number of hydrogen-bond acceptors (Lipinski definition) is 19. The zero-order chi connectivity index (χ0) is 77.8. The van der Waals surface area contributed by atoms with Gasteiger partial charge in [-0.15, -0.1) is 0 Å². The Hall–Kier alpha value is -1.49. The van der Waals surface area contributed by atoms with Crippen LogP contribution in [0.25, 0.3) is 0 Å². The van der Waals surface area contributed by atoms with Crippen molar-refractivity contribution in [3.8, 4) is 0 Å². The molecular formula is C83H170N4O17P2+2. The van der Waals surface area contributed by atoms with E-state index in [1.807, 2.05) is 0 Å². The maximum atomic E-state index is 13.1. The van der Waals surface area contributed by atoms with Gasteiger partial charge in [-0.1, -0.05) is 324 Å². The third-order valence-corrected chi connectivity index (χ3v) is 21.8. The number of amides is 2. The molecular weight excluding hydrogens is 1390 g/mol. The third kappa shape index (κ3) is 75.2. The Kier molecular flexibility index (Phi) is 77.7. The van der Waals surface area contributed by atoms with Crippen LogP contribution < -0.4 is 21.3 Å². The Bertz CT molecular complexity index is 1750. The van der Waals surface area contributed by atoms with Crippen LogP contribution in [0.3, 0.4) is 0 Å². The second kappa shape index (κ2) is 78.8. The number of nitrogens with one attached hydrogen (secondary N) is 4. The minimum atomic E-state index is -4.41.